The Kier molecular flexibility index (Phi) is 9.74. The fourth-order valence-corrected chi connectivity index (χ4v) is 7.06. The molecular weight excluding hydrogens is 554 g/mol. The van der Waals surface area contributed by atoms with Crippen LogP contribution >= 0.6 is 0 Å². The number of nitrogens with zero attached hydrogens (tertiary/aromatic N) is 5. The van der Waals surface area contributed by atoms with Crippen molar-refractivity contribution >= 4 is 17.7 Å². The summed E-state index contributed by atoms with van der Waals surface area (Å²) in [5, 5.41) is 13.6. The van der Waals surface area contributed by atoms with Gasteiger partial charge < -0.3 is 15.1 Å². The van der Waals surface area contributed by atoms with Gasteiger partial charge in [-0.2, -0.15) is 5.26 Å². The largest absolute Gasteiger partial charge is 0.363 e. The van der Waals surface area contributed by atoms with Crippen LogP contribution in [0.2, 0.25) is 0 Å². The molecule has 1 saturated heterocycles. The number of allylic oxidation sites excluding steroid dienone is 1. The minimum absolute atomic E-state index is 0.0881. The molecule has 1 saturated carbocycles. The zero-order valence-electron chi connectivity index (χ0n) is 26.9. The standard InChI is InChI=1S/C34H42F2N6.C2H6/c1-23-9-6-4-5-7-16-42-25(3)30(33(21-37)14-15-33)20-29-31(38-22-39-32(29)42)40-24(2)26-10-8-11-28(19-26)34(35,36)27-12-17-41(23)18-13-27;1-2/h8,10-11,19-20,22-24,27H,3-7,9,12-18H2,1-2H3,(H,38,39,40);1-2H3/t23?,24-;/m1./s1. The molecule has 6 nitrogen and oxygen atoms in total. The summed E-state index contributed by atoms with van der Waals surface area (Å²) in [5.74, 6) is -2.11. The zero-order chi connectivity index (χ0) is 31.5. The van der Waals surface area contributed by atoms with Crippen LogP contribution in [0, 0.1) is 22.7 Å². The molecule has 0 radical (unpaired) electrons. The lowest BCUT2D eigenvalue weighted by atomic mass is 9.85. The van der Waals surface area contributed by atoms with Crippen LogP contribution in [0.15, 0.2) is 48.4 Å². The van der Waals surface area contributed by atoms with Gasteiger partial charge in [-0.3, -0.25) is 0 Å². The summed E-state index contributed by atoms with van der Waals surface area (Å²) in [5.41, 5.74) is 2.99. The van der Waals surface area contributed by atoms with Crippen LogP contribution in [0.5, 0.6) is 0 Å². The van der Waals surface area contributed by atoms with Crippen molar-refractivity contribution in [2.75, 3.05) is 29.9 Å². The van der Waals surface area contributed by atoms with Gasteiger partial charge in [0.1, 0.15) is 18.0 Å². The number of nitrogens with one attached hydrogen (secondary N) is 1. The number of rotatable bonds is 1. The van der Waals surface area contributed by atoms with Crippen molar-refractivity contribution in [3.05, 3.63) is 65.1 Å². The van der Waals surface area contributed by atoms with E-state index in [1.807, 2.05) is 32.9 Å². The smallest absolute Gasteiger partial charge is 0.276 e. The number of hydrogen-bond acceptors (Lipinski definition) is 6. The number of nitriles is 1. The summed E-state index contributed by atoms with van der Waals surface area (Å²) in [7, 11) is 0. The summed E-state index contributed by atoms with van der Waals surface area (Å²) >= 11 is 0. The molecular formula is C36H48F2N6. The van der Waals surface area contributed by atoms with E-state index in [0.29, 0.717) is 24.7 Å². The van der Waals surface area contributed by atoms with Crippen LogP contribution < -0.4 is 10.2 Å². The highest BCUT2D eigenvalue weighted by molar-refractivity contribution is 5.84. The van der Waals surface area contributed by atoms with E-state index < -0.39 is 17.3 Å². The number of benzene rings is 1. The Bertz CT molecular complexity index is 1400. The van der Waals surface area contributed by atoms with Gasteiger partial charge >= 0.3 is 0 Å². The van der Waals surface area contributed by atoms with E-state index in [1.165, 1.54) is 0 Å². The third-order valence-electron chi connectivity index (χ3n) is 10.1. The normalized spacial score (nSPS) is 27.8. The fraction of sp³-hybridized carbons (Fsp3) is 0.583. The maximum absolute atomic E-state index is 15.9. The van der Waals surface area contributed by atoms with Crippen molar-refractivity contribution in [1.29, 1.82) is 5.26 Å². The summed E-state index contributed by atoms with van der Waals surface area (Å²) in [6.07, 6.45) is 11.7. The molecule has 5 heterocycles. The molecule has 236 valence electrons. The lowest BCUT2D eigenvalue weighted by Crippen LogP contribution is -2.43. The summed E-state index contributed by atoms with van der Waals surface area (Å²) in [6.45, 7) is 14.9. The van der Waals surface area contributed by atoms with Gasteiger partial charge in [-0.15, -0.1) is 0 Å². The molecule has 0 amide bonds. The summed E-state index contributed by atoms with van der Waals surface area (Å²) in [6, 6.07) is 9.55. The van der Waals surface area contributed by atoms with E-state index in [1.54, 1.807) is 24.5 Å². The summed E-state index contributed by atoms with van der Waals surface area (Å²) in [4.78, 5) is 13.8. The lowest BCUT2D eigenvalue weighted by molar-refractivity contribution is -0.0883. The fourth-order valence-electron chi connectivity index (χ4n) is 7.06. The Morgan fingerprint density at radius 3 is 2.43 bits per heavy atom. The van der Waals surface area contributed by atoms with E-state index in [9.17, 15) is 5.26 Å². The Morgan fingerprint density at radius 1 is 1.00 bits per heavy atom. The molecule has 8 heteroatoms. The monoisotopic (exact) mass is 602 g/mol. The predicted octanol–water partition coefficient (Wildman–Crippen LogP) is 8.85. The second-order valence-corrected chi connectivity index (χ2v) is 12.8. The topological polar surface area (TPSA) is 68.1 Å². The van der Waals surface area contributed by atoms with Gasteiger partial charge in [0.05, 0.1) is 17.0 Å². The van der Waals surface area contributed by atoms with Crippen LogP contribution in [-0.2, 0) is 5.92 Å². The lowest BCUT2D eigenvalue weighted by Gasteiger charge is -2.39. The van der Waals surface area contributed by atoms with Crippen LogP contribution in [0.3, 0.4) is 0 Å². The van der Waals surface area contributed by atoms with Crippen molar-refractivity contribution < 1.29 is 8.78 Å². The molecule has 1 aliphatic carbocycles. The molecule has 4 aliphatic heterocycles. The molecule has 1 aromatic carbocycles. The van der Waals surface area contributed by atoms with Crippen molar-refractivity contribution in [2.45, 2.75) is 103 Å². The number of piperidine rings is 1. The molecule has 1 N–H and O–H groups in total. The maximum Gasteiger partial charge on any atom is 0.276 e. The predicted molar refractivity (Wildman–Crippen MR) is 174 cm³/mol. The Hall–Kier alpha value is -3.31. The first-order valence-electron chi connectivity index (χ1n) is 16.7. The van der Waals surface area contributed by atoms with Crippen LogP contribution in [0.4, 0.5) is 20.4 Å². The van der Waals surface area contributed by atoms with Gasteiger partial charge in [-0.05, 0) is 88.7 Å². The van der Waals surface area contributed by atoms with E-state index >= 15 is 8.78 Å². The van der Waals surface area contributed by atoms with Crippen molar-refractivity contribution in [3.63, 3.8) is 0 Å². The van der Waals surface area contributed by atoms with Gasteiger partial charge in [0.25, 0.3) is 5.92 Å². The second-order valence-electron chi connectivity index (χ2n) is 12.8. The number of aromatic nitrogens is 2. The molecule has 5 aliphatic rings. The van der Waals surface area contributed by atoms with Crippen LogP contribution in [-0.4, -0.2) is 40.5 Å². The highest BCUT2D eigenvalue weighted by Gasteiger charge is 2.50. The molecule has 8 bridgehead atoms. The molecule has 2 aromatic rings. The average Bonchev–Trinajstić information content (AvgIpc) is 3.85. The molecule has 0 spiro atoms. The number of fused-ring (bicyclic) bond motifs is 9. The maximum atomic E-state index is 15.9. The second kappa shape index (κ2) is 13.4. The Morgan fingerprint density at radius 2 is 1.73 bits per heavy atom. The first kappa shape index (κ1) is 32.1. The van der Waals surface area contributed by atoms with Crippen LogP contribution in [0.25, 0.3) is 6.08 Å². The third kappa shape index (κ3) is 6.26. The molecule has 2 atom stereocenters. The third-order valence-corrected chi connectivity index (χ3v) is 10.1. The van der Waals surface area contributed by atoms with Gasteiger partial charge in [0.15, 0.2) is 0 Å². The van der Waals surface area contributed by atoms with E-state index in [2.05, 4.69) is 44.7 Å². The SMILES string of the molecule is C=C1C(C2(C#N)CC2)=Cc2c3ncnc2N1CCCCCCC(C)N1CCC(CC1)C(F)(F)c1cccc(c1)[C@@H](C)N3.CC. The Balaban J connectivity index is 0.00000188. The number of alkyl halides is 2. The molecule has 7 rings (SSSR count). The summed E-state index contributed by atoms with van der Waals surface area (Å²) < 4.78 is 31.8. The van der Waals surface area contributed by atoms with E-state index in [-0.39, 0.29) is 11.6 Å². The quantitative estimate of drug-likeness (QED) is 0.352. The Labute approximate surface area is 262 Å². The number of hydrogen-bond donors (Lipinski definition) is 1. The number of halogens is 2. The average molecular weight is 603 g/mol. The van der Waals surface area contributed by atoms with Gasteiger partial charge in [-0.25, -0.2) is 18.7 Å². The molecule has 2 fully saturated rings. The molecule has 1 aromatic heterocycles. The first-order valence-corrected chi connectivity index (χ1v) is 16.7. The van der Waals surface area contributed by atoms with Gasteiger partial charge in [0, 0.05) is 35.8 Å². The van der Waals surface area contributed by atoms with Gasteiger partial charge in [0.2, 0.25) is 0 Å². The first-order chi connectivity index (χ1) is 21.2. The zero-order valence-corrected chi connectivity index (χ0v) is 26.9. The van der Waals surface area contributed by atoms with Crippen molar-refractivity contribution in [1.82, 2.24) is 14.9 Å². The minimum atomic E-state index is -2.88. The number of anilines is 2. The van der Waals surface area contributed by atoms with Crippen molar-refractivity contribution in [2.24, 2.45) is 11.3 Å². The molecule has 44 heavy (non-hydrogen) atoms. The highest BCUT2D eigenvalue weighted by Crippen LogP contribution is 2.56. The van der Waals surface area contributed by atoms with Crippen molar-refractivity contribution in [3.8, 4) is 6.07 Å². The van der Waals surface area contributed by atoms with E-state index in [0.717, 1.165) is 92.8 Å². The minimum Gasteiger partial charge on any atom is -0.363 e. The van der Waals surface area contributed by atoms with Crippen LogP contribution in [0.1, 0.15) is 108 Å². The van der Waals surface area contributed by atoms with E-state index in [4.69, 9.17) is 0 Å². The van der Waals surface area contributed by atoms with Gasteiger partial charge in [-0.1, -0.05) is 57.9 Å². The molecule has 1 unspecified atom stereocenters. The highest BCUT2D eigenvalue weighted by atomic mass is 19.3.